The van der Waals surface area contributed by atoms with Gasteiger partial charge in [-0.2, -0.15) is 12.6 Å². The zero-order chi connectivity index (χ0) is 9.30. The normalized spacial score (nSPS) is 26.6. The quantitative estimate of drug-likeness (QED) is 0.514. The SMILES string of the molecule is CCC(C)N1C(=O)CC(S)C1=O. The third-order valence-corrected chi connectivity index (χ3v) is 2.59. The van der Waals surface area contributed by atoms with E-state index in [4.69, 9.17) is 0 Å². The molecule has 4 heteroatoms. The Kier molecular flexibility index (Phi) is 2.77. The van der Waals surface area contributed by atoms with Crippen LogP contribution in [0.25, 0.3) is 0 Å². The molecule has 1 rings (SSSR count). The van der Waals surface area contributed by atoms with E-state index in [1.807, 2.05) is 13.8 Å². The van der Waals surface area contributed by atoms with Crippen LogP contribution in [-0.4, -0.2) is 28.0 Å². The Morgan fingerprint density at radius 3 is 2.58 bits per heavy atom. The topological polar surface area (TPSA) is 37.4 Å². The largest absolute Gasteiger partial charge is 0.279 e. The predicted octanol–water partition coefficient (Wildman–Crippen LogP) is 0.842. The highest BCUT2D eigenvalue weighted by Crippen LogP contribution is 2.21. The second kappa shape index (κ2) is 3.47. The first kappa shape index (κ1) is 9.58. The highest BCUT2D eigenvalue weighted by molar-refractivity contribution is 7.81. The van der Waals surface area contributed by atoms with E-state index in [1.54, 1.807) is 0 Å². The van der Waals surface area contributed by atoms with Gasteiger partial charge in [-0.25, -0.2) is 0 Å². The van der Waals surface area contributed by atoms with E-state index < -0.39 is 5.25 Å². The van der Waals surface area contributed by atoms with Crippen LogP contribution < -0.4 is 0 Å². The van der Waals surface area contributed by atoms with Gasteiger partial charge >= 0.3 is 0 Å². The minimum absolute atomic E-state index is 0.0159. The zero-order valence-corrected chi connectivity index (χ0v) is 8.17. The lowest BCUT2D eigenvalue weighted by Gasteiger charge is -2.20. The van der Waals surface area contributed by atoms with Crippen molar-refractivity contribution in [3.05, 3.63) is 0 Å². The maximum Gasteiger partial charge on any atom is 0.242 e. The van der Waals surface area contributed by atoms with Crippen LogP contribution in [0, 0.1) is 0 Å². The third kappa shape index (κ3) is 1.48. The highest BCUT2D eigenvalue weighted by Gasteiger charge is 2.38. The van der Waals surface area contributed by atoms with Gasteiger partial charge in [0.05, 0.1) is 5.25 Å². The molecule has 0 aromatic carbocycles. The molecule has 1 saturated heterocycles. The number of thiol groups is 1. The first-order chi connectivity index (χ1) is 5.57. The molecule has 1 heterocycles. The molecule has 0 spiro atoms. The van der Waals surface area contributed by atoms with Crippen LogP contribution in [0.4, 0.5) is 0 Å². The summed E-state index contributed by atoms with van der Waals surface area (Å²) < 4.78 is 0. The zero-order valence-electron chi connectivity index (χ0n) is 7.28. The summed E-state index contributed by atoms with van der Waals surface area (Å²) in [4.78, 5) is 23.9. The van der Waals surface area contributed by atoms with Gasteiger partial charge in [0.25, 0.3) is 0 Å². The predicted molar refractivity (Wildman–Crippen MR) is 49.0 cm³/mol. The van der Waals surface area contributed by atoms with Gasteiger partial charge in [-0.15, -0.1) is 0 Å². The Morgan fingerprint density at radius 2 is 2.25 bits per heavy atom. The van der Waals surface area contributed by atoms with Crippen molar-refractivity contribution < 1.29 is 9.59 Å². The molecule has 0 N–H and O–H groups in total. The molecule has 0 aromatic rings. The second-order valence-corrected chi connectivity index (χ2v) is 3.70. The van der Waals surface area contributed by atoms with Gasteiger partial charge in [0.15, 0.2) is 0 Å². The number of likely N-dealkylation sites (tertiary alicyclic amines) is 1. The Bertz CT molecular complexity index is 217. The van der Waals surface area contributed by atoms with Gasteiger partial charge < -0.3 is 0 Å². The van der Waals surface area contributed by atoms with Crippen LogP contribution in [0.15, 0.2) is 0 Å². The van der Waals surface area contributed by atoms with E-state index in [-0.39, 0.29) is 24.3 Å². The molecule has 2 atom stereocenters. The maximum atomic E-state index is 11.3. The lowest BCUT2D eigenvalue weighted by Crippen LogP contribution is -2.38. The van der Waals surface area contributed by atoms with Gasteiger partial charge in [0.1, 0.15) is 0 Å². The lowest BCUT2D eigenvalue weighted by atomic mass is 10.2. The van der Waals surface area contributed by atoms with E-state index in [0.29, 0.717) is 0 Å². The van der Waals surface area contributed by atoms with Crippen molar-refractivity contribution in [1.29, 1.82) is 0 Å². The number of rotatable bonds is 2. The fraction of sp³-hybridized carbons (Fsp3) is 0.750. The standard InChI is InChI=1S/C8H13NO2S/c1-3-5(2)9-7(10)4-6(12)8(9)11/h5-6,12H,3-4H2,1-2H3. The fourth-order valence-electron chi connectivity index (χ4n) is 1.28. The Morgan fingerprint density at radius 1 is 1.67 bits per heavy atom. The molecule has 0 radical (unpaired) electrons. The summed E-state index contributed by atoms with van der Waals surface area (Å²) in [6, 6.07) is 0.0159. The molecule has 68 valence electrons. The van der Waals surface area contributed by atoms with E-state index in [9.17, 15) is 9.59 Å². The van der Waals surface area contributed by atoms with Crippen molar-refractivity contribution in [2.75, 3.05) is 0 Å². The van der Waals surface area contributed by atoms with Gasteiger partial charge in [0.2, 0.25) is 11.8 Å². The summed E-state index contributed by atoms with van der Waals surface area (Å²) in [5, 5.41) is -0.411. The van der Waals surface area contributed by atoms with Crippen molar-refractivity contribution >= 4 is 24.4 Å². The summed E-state index contributed by atoms with van der Waals surface area (Å²) in [6.45, 7) is 3.83. The van der Waals surface area contributed by atoms with Crippen molar-refractivity contribution in [3.63, 3.8) is 0 Å². The molecule has 2 amide bonds. The number of imide groups is 1. The Balaban J connectivity index is 2.76. The highest BCUT2D eigenvalue weighted by atomic mass is 32.1. The summed E-state index contributed by atoms with van der Waals surface area (Å²) in [5.41, 5.74) is 0. The average molecular weight is 187 g/mol. The molecular weight excluding hydrogens is 174 g/mol. The van der Waals surface area contributed by atoms with Gasteiger partial charge in [-0.1, -0.05) is 6.92 Å². The van der Waals surface area contributed by atoms with E-state index in [0.717, 1.165) is 6.42 Å². The van der Waals surface area contributed by atoms with Crippen molar-refractivity contribution in [3.8, 4) is 0 Å². The summed E-state index contributed by atoms with van der Waals surface area (Å²) in [5.74, 6) is -0.230. The van der Waals surface area contributed by atoms with Crippen LogP contribution >= 0.6 is 12.6 Å². The summed E-state index contributed by atoms with van der Waals surface area (Å²) in [6.07, 6.45) is 1.06. The van der Waals surface area contributed by atoms with Crippen molar-refractivity contribution in [1.82, 2.24) is 4.90 Å². The molecule has 0 bridgehead atoms. The number of hydrogen-bond acceptors (Lipinski definition) is 3. The second-order valence-electron chi connectivity index (χ2n) is 3.08. The molecule has 0 saturated carbocycles. The van der Waals surface area contributed by atoms with Crippen LogP contribution in [-0.2, 0) is 9.59 Å². The monoisotopic (exact) mass is 187 g/mol. The van der Waals surface area contributed by atoms with Crippen molar-refractivity contribution in [2.45, 2.75) is 38.0 Å². The van der Waals surface area contributed by atoms with Crippen LogP contribution in [0.3, 0.4) is 0 Å². The molecule has 0 aliphatic carbocycles. The lowest BCUT2D eigenvalue weighted by molar-refractivity contribution is -0.140. The number of carbonyl (C=O) groups excluding carboxylic acids is 2. The van der Waals surface area contributed by atoms with Gasteiger partial charge in [-0.3, -0.25) is 14.5 Å². The number of nitrogens with zero attached hydrogens (tertiary/aromatic N) is 1. The fourth-order valence-corrected chi connectivity index (χ4v) is 1.56. The Hall–Kier alpha value is -0.510. The maximum absolute atomic E-state index is 11.3. The molecular formula is C8H13NO2S. The molecule has 1 aliphatic rings. The number of amides is 2. The molecule has 1 fully saturated rings. The summed E-state index contributed by atoms with van der Waals surface area (Å²) in [7, 11) is 0. The molecule has 3 nitrogen and oxygen atoms in total. The first-order valence-corrected chi connectivity index (χ1v) is 4.63. The van der Waals surface area contributed by atoms with Gasteiger partial charge in [0, 0.05) is 12.5 Å². The van der Waals surface area contributed by atoms with Crippen LogP contribution in [0.5, 0.6) is 0 Å². The minimum atomic E-state index is -0.411. The third-order valence-electron chi connectivity index (χ3n) is 2.19. The summed E-state index contributed by atoms with van der Waals surface area (Å²) >= 11 is 4.03. The number of carbonyl (C=O) groups is 2. The van der Waals surface area contributed by atoms with Crippen LogP contribution in [0.1, 0.15) is 26.7 Å². The number of hydrogen-bond donors (Lipinski definition) is 1. The van der Waals surface area contributed by atoms with Gasteiger partial charge in [-0.05, 0) is 13.3 Å². The molecule has 12 heavy (non-hydrogen) atoms. The van der Waals surface area contributed by atoms with Crippen molar-refractivity contribution in [2.24, 2.45) is 0 Å². The molecule has 0 aromatic heterocycles. The molecule has 2 unspecified atom stereocenters. The smallest absolute Gasteiger partial charge is 0.242 e. The first-order valence-electron chi connectivity index (χ1n) is 4.12. The Labute approximate surface area is 77.5 Å². The van der Waals surface area contributed by atoms with E-state index in [2.05, 4.69) is 12.6 Å². The van der Waals surface area contributed by atoms with E-state index >= 15 is 0 Å². The van der Waals surface area contributed by atoms with Crippen LogP contribution in [0.2, 0.25) is 0 Å². The average Bonchev–Trinajstić information content (AvgIpc) is 2.26. The molecule has 1 aliphatic heterocycles. The van der Waals surface area contributed by atoms with E-state index in [1.165, 1.54) is 4.90 Å². The minimum Gasteiger partial charge on any atom is -0.279 e.